The van der Waals surface area contributed by atoms with Crippen molar-refractivity contribution in [3.63, 3.8) is 0 Å². The summed E-state index contributed by atoms with van der Waals surface area (Å²) < 4.78 is 16.5. The molecular formula is C18H21NO3. The van der Waals surface area contributed by atoms with E-state index >= 15 is 0 Å². The molecule has 0 aliphatic carbocycles. The van der Waals surface area contributed by atoms with Crippen LogP contribution in [0.15, 0.2) is 42.5 Å². The molecule has 3 rings (SSSR count). The van der Waals surface area contributed by atoms with E-state index in [2.05, 4.69) is 37.1 Å². The summed E-state index contributed by atoms with van der Waals surface area (Å²) in [6, 6.07) is 14.2. The number of likely N-dealkylation sites (N-methyl/N-ethyl adjacent to an activating group) is 1. The Bertz CT molecular complexity index is 642. The van der Waals surface area contributed by atoms with Crippen LogP contribution in [0.4, 0.5) is 0 Å². The first kappa shape index (κ1) is 14.7. The molecule has 0 spiro atoms. The number of fused-ring (bicyclic) bond motifs is 1. The van der Waals surface area contributed by atoms with E-state index in [4.69, 9.17) is 14.2 Å². The Morgan fingerprint density at radius 3 is 2.82 bits per heavy atom. The second-order valence-corrected chi connectivity index (χ2v) is 5.59. The molecule has 0 N–H and O–H groups in total. The van der Waals surface area contributed by atoms with Crippen LogP contribution in [0.25, 0.3) is 0 Å². The molecule has 4 heteroatoms. The average molecular weight is 299 g/mol. The number of hydrogen-bond donors (Lipinski definition) is 0. The summed E-state index contributed by atoms with van der Waals surface area (Å²) in [5, 5.41) is 0. The van der Waals surface area contributed by atoms with Crippen LogP contribution in [0.1, 0.15) is 11.1 Å². The molecule has 0 saturated carbocycles. The van der Waals surface area contributed by atoms with Gasteiger partial charge in [0.1, 0.15) is 12.4 Å². The molecule has 0 bridgehead atoms. The minimum Gasteiger partial charge on any atom is -0.492 e. The van der Waals surface area contributed by atoms with Crippen molar-refractivity contribution in [1.82, 2.24) is 4.90 Å². The minimum absolute atomic E-state index is 0.318. The molecule has 0 radical (unpaired) electrons. The zero-order valence-electron chi connectivity index (χ0n) is 13.0. The van der Waals surface area contributed by atoms with Crippen molar-refractivity contribution in [3.8, 4) is 17.2 Å². The molecule has 2 aromatic carbocycles. The van der Waals surface area contributed by atoms with Crippen LogP contribution in [-0.2, 0) is 6.54 Å². The molecule has 0 atom stereocenters. The SMILES string of the molecule is Cc1cccc(OCCN(C)Cc2ccc3c(c2)OCO3)c1. The van der Waals surface area contributed by atoms with Gasteiger partial charge in [0.25, 0.3) is 0 Å². The fourth-order valence-electron chi connectivity index (χ4n) is 2.45. The highest BCUT2D eigenvalue weighted by Gasteiger charge is 2.13. The molecule has 22 heavy (non-hydrogen) atoms. The molecule has 1 heterocycles. The smallest absolute Gasteiger partial charge is 0.231 e. The Balaban J connectivity index is 1.47. The third-order valence-electron chi connectivity index (χ3n) is 3.62. The van der Waals surface area contributed by atoms with Gasteiger partial charge in [0.15, 0.2) is 11.5 Å². The highest BCUT2D eigenvalue weighted by Crippen LogP contribution is 2.32. The molecule has 0 unspecified atom stereocenters. The second kappa shape index (κ2) is 6.71. The maximum Gasteiger partial charge on any atom is 0.231 e. The molecular weight excluding hydrogens is 278 g/mol. The van der Waals surface area contributed by atoms with E-state index in [9.17, 15) is 0 Å². The Morgan fingerprint density at radius 2 is 1.95 bits per heavy atom. The van der Waals surface area contributed by atoms with Gasteiger partial charge in [-0.25, -0.2) is 0 Å². The van der Waals surface area contributed by atoms with Gasteiger partial charge in [-0.05, 0) is 49.4 Å². The first-order chi connectivity index (χ1) is 10.7. The van der Waals surface area contributed by atoms with E-state index in [0.717, 1.165) is 30.3 Å². The summed E-state index contributed by atoms with van der Waals surface area (Å²) in [5.74, 6) is 2.59. The lowest BCUT2D eigenvalue weighted by Gasteiger charge is -2.17. The normalized spacial score (nSPS) is 12.7. The molecule has 116 valence electrons. The molecule has 0 amide bonds. The summed E-state index contributed by atoms with van der Waals surface area (Å²) in [6.45, 7) is 4.78. The standard InChI is InChI=1S/C18H21NO3/c1-14-4-3-5-16(10-14)20-9-8-19(2)12-15-6-7-17-18(11-15)22-13-21-17/h3-7,10-11H,8-9,12-13H2,1-2H3. The Labute approximate surface area is 131 Å². The summed E-state index contributed by atoms with van der Waals surface area (Å²) in [5.41, 5.74) is 2.42. The van der Waals surface area contributed by atoms with Gasteiger partial charge in [-0.2, -0.15) is 0 Å². The van der Waals surface area contributed by atoms with Gasteiger partial charge in [0.05, 0.1) is 0 Å². The lowest BCUT2D eigenvalue weighted by molar-refractivity contribution is 0.174. The van der Waals surface area contributed by atoms with Crippen LogP contribution in [0, 0.1) is 6.92 Å². The van der Waals surface area contributed by atoms with Gasteiger partial charge in [0, 0.05) is 13.1 Å². The Hall–Kier alpha value is -2.20. The van der Waals surface area contributed by atoms with Gasteiger partial charge < -0.3 is 14.2 Å². The fourth-order valence-corrected chi connectivity index (χ4v) is 2.45. The topological polar surface area (TPSA) is 30.9 Å². The van der Waals surface area contributed by atoms with Gasteiger partial charge in [-0.1, -0.05) is 18.2 Å². The van der Waals surface area contributed by atoms with E-state index < -0.39 is 0 Å². The van der Waals surface area contributed by atoms with E-state index in [1.165, 1.54) is 11.1 Å². The number of aryl methyl sites for hydroxylation is 1. The third-order valence-corrected chi connectivity index (χ3v) is 3.62. The first-order valence-corrected chi connectivity index (χ1v) is 7.47. The lowest BCUT2D eigenvalue weighted by Crippen LogP contribution is -2.23. The average Bonchev–Trinajstić information content (AvgIpc) is 2.95. The van der Waals surface area contributed by atoms with Crippen molar-refractivity contribution in [3.05, 3.63) is 53.6 Å². The second-order valence-electron chi connectivity index (χ2n) is 5.59. The van der Waals surface area contributed by atoms with E-state index in [1.807, 2.05) is 24.3 Å². The quantitative estimate of drug-likeness (QED) is 0.819. The van der Waals surface area contributed by atoms with Crippen LogP contribution in [0.5, 0.6) is 17.2 Å². The predicted molar refractivity (Wildman–Crippen MR) is 85.6 cm³/mol. The van der Waals surface area contributed by atoms with Crippen LogP contribution >= 0.6 is 0 Å². The fraction of sp³-hybridized carbons (Fsp3) is 0.333. The van der Waals surface area contributed by atoms with E-state index in [0.29, 0.717) is 13.4 Å². The zero-order chi connectivity index (χ0) is 15.4. The molecule has 0 fully saturated rings. The van der Waals surface area contributed by atoms with Crippen molar-refractivity contribution >= 4 is 0 Å². The van der Waals surface area contributed by atoms with Gasteiger partial charge in [-0.3, -0.25) is 4.90 Å². The highest BCUT2D eigenvalue weighted by atomic mass is 16.7. The summed E-state index contributed by atoms with van der Waals surface area (Å²) in [6.07, 6.45) is 0. The first-order valence-electron chi connectivity index (χ1n) is 7.47. The summed E-state index contributed by atoms with van der Waals surface area (Å²) in [4.78, 5) is 2.23. The Morgan fingerprint density at radius 1 is 1.09 bits per heavy atom. The van der Waals surface area contributed by atoms with Crippen molar-refractivity contribution < 1.29 is 14.2 Å². The number of hydrogen-bond acceptors (Lipinski definition) is 4. The maximum absolute atomic E-state index is 5.78. The molecule has 0 saturated heterocycles. The highest BCUT2D eigenvalue weighted by molar-refractivity contribution is 5.44. The third kappa shape index (κ3) is 3.71. The largest absolute Gasteiger partial charge is 0.492 e. The summed E-state index contributed by atoms with van der Waals surface area (Å²) in [7, 11) is 2.09. The monoisotopic (exact) mass is 299 g/mol. The van der Waals surface area contributed by atoms with Crippen molar-refractivity contribution in [1.29, 1.82) is 0 Å². The summed E-state index contributed by atoms with van der Waals surface area (Å²) >= 11 is 0. The van der Waals surface area contributed by atoms with Gasteiger partial charge in [0.2, 0.25) is 6.79 Å². The number of nitrogens with zero attached hydrogens (tertiary/aromatic N) is 1. The van der Waals surface area contributed by atoms with Gasteiger partial charge >= 0.3 is 0 Å². The maximum atomic E-state index is 5.78. The molecule has 0 aromatic heterocycles. The number of benzene rings is 2. The Kier molecular flexibility index (Phi) is 4.49. The van der Waals surface area contributed by atoms with Crippen LogP contribution in [0.2, 0.25) is 0 Å². The van der Waals surface area contributed by atoms with E-state index in [-0.39, 0.29) is 0 Å². The number of rotatable bonds is 6. The van der Waals surface area contributed by atoms with E-state index in [1.54, 1.807) is 0 Å². The molecule has 4 nitrogen and oxygen atoms in total. The van der Waals surface area contributed by atoms with Crippen LogP contribution in [0.3, 0.4) is 0 Å². The van der Waals surface area contributed by atoms with Crippen molar-refractivity contribution in [2.24, 2.45) is 0 Å². The lowest BCUT2D eigenvalue weighted by atomic mass is 10.2. The van der Waals surface area contributed by atoms with Crippen molar-refractivity contribution in [2.45, 2.75) is 13.5 Å². The van der Waals surface area contributed by atoms with Crippen LogP contribution in [-0.4, -0.2) is 31.9 Å². The number of ether oxygens (including phenoxy) is 3. The molecule has 1 aliphatic heterocycles. The van der Waals surface area contributed by atoms with Crippen LogP contribution < -0.4 is 14.2 Å². The zero-order valence-corrected chi connectivity index (χ0v) is 13.0. The van der Waals surface area contributed by atoms with Gasteiger partial charge in [-0.15, -0.1) is 0 Å². The molecule has 2 aromatic rings. The predicted octanol–water partition coefficient (Wildman–Crippen LogP) is 3.23. The molecule has 1 aliphatic rings. The minimum atomic E-state index is 0.318. The van der Waals surface area contributed by atoms with Crippen molar-refractivity contribution in [2.75, 3.05) is 27.0 Å².